The molecule has 2 N–H and O–H groups in total. The Bertz CT molecular complexity index is 512. The van der Waals surface area contributed by atoms with Crippen molar-refractivity contribution < 1.29 is 5.11 Å². The van der Waals surface area contributed by atoms with Gasteiger partial charge in [0.25, 0.3) is 0 Å². The molecule has 3 nitrogen and oxygen atoms in total. The number of benzene rings is 1. The minimum absolute atomic E-state index is 0.607. The van der Waals surface area contributed by atoms with E-state index in [4.69, 9.17) is 0 Å². The van der Waals surface area contributed by atoms with Crippen molar-refractivity contribution in [3.8, 4) is 0 Å². The maximum Gasteiger partial charge on any atom is 0.0746 e. The lowest BCUT2D eigenvalue weighted by atomic mass is 10.1. The van der Waals surface area contributed by atoms with Gasteiger partial charge in [-0.05, 0) is 38.4 Å². The summed E-state index contributed by atoms with van der Waals surface area (Å²) in [5.74, 6) is 0. The first-order valence-corrected chi connectivity index (χ1v) is 6.32. The fourth-order valence-electron chi connectivity index (χ4n) is 1.93. The predicted molar refractivity (Wildman–Crippen MR) is 74.4 cm³/mol. The molecule has 0 saturated heterocycles. The van der Waals surface area contributed by atoms with E-state index in [2.05, 4.69) is 34.6 Å². The third-order valence-electron chi connectivity index (χ3n) is 2.95. The Morgan fingerprint density at radius 2 is 2.00 bits per heavy atom. The van der Waals surface area contributed by atoms with Crippen molar-refractivity contribution in [3.05, 3.63) is 42.1 Å². The normalized spacial score (nSPS) is 11.9. The molecule has 1 heterocycles. The van der Waals surface area contributed by atoms with E-state index in [1.54, 1.807) is 0 Å². The molecular formula is C15H20N2O. The summed E-state index contributed by atoms with van der Waals surface area (Å²) in [6, 6.07) is 10.2. The van der Waals surface area contributed by atoms with E-state index in [-0.39, 0.29) is 0 Å². The minimum atomic E-state index is -0.607. The van der Waals surface area contributed by atoms with Gasteiger partial charge in [-0.2, -0.15) is 0 Å². The van der Waals surface area contributed by atoms with Crippen LogP contribution in [-0.4, -0.2) is 22.2 Å². The molecule has 0 unspecified atom stereocenters. The molecule has 2 aromatic rings. The topological polar surface area (TPSA) is 45.1 Å². The third-order valence-corrected chi connectivity index (χ3v) is 2.95. The van der Waals surface area contributed by atoms with Crippen LogP contribution in [0.4, 0.5) is 0 Å². The van der Waals surface area contributed by atoms with Gasteiger partial charge >= 0.3 is 0 Å². The van der Waals surface area contributed by atoms with Crippen LogP contribution in [0.25, 0.3) is 10.9 Å². The van der Waals surface area contributed by atoms with Gasteiger partial charge in [0.05, 0.1) is 11.1 Å². The third kappa shape index (κ3) is 3.52. The number of pyridine rings is 1. The number of rotatable bonds is 5. The molecule has 0 amide bonds. The fraction of sp³-hybridized carbons (Fsp3) is 0.400. The highest BCUT2D eigenvalue weighted by atomic mass is 16.3. The second-order valence-electron chi connectivity index (χ2n) is 5.23. The summed E-state index contributed by atoms with van der Waals surface area (Å²) in [6.07, 6.45) is 2.56. The monoisotopic (exact) mass is 244 g/mol. The molecule has 0 spiro atoms. The Kier molecular flexibility index (Phi) is 3.94. The number of para-hydroxylation sites is 1. The predicted octanol–water partition coefficient (Wildman–Crippen LogP) is 2.49. The molecule has 0 aliphatic rings. The maximum atomic E-state index is 9.63. The number of aromatic nitrogens is 1. The zero-order valence-corrected chi connectivity index (χ0v) is 11.0. The summed E-state index contributed by atoms with van der Waals surface area (Å²) in [5.41, 5.74) is 1.64. The summed E-state index contributed by atoms with van der Waals surface area (Å²) < 4.78 is 0. The quantitative estimate of drug-likeness (QED) is 0.794. The largest absolute Gasteiger partial charge is 0.390 e. The highest BCUT2D eigenvalue weighted by Gasteiger charge is 2.11. The van der Waals surface area contributed by atoms with E-state index >= 15 is 0 Å². The molecule has 3 heteroatoms. The summed E-state index contributed by atoms with van der Waals surface area (Å²) in [7, 11) is 0. The van der Waals surface area contributed by atoms with E-state index in [0.29, 0.717) is 0 Å². The second-order valence-corrected chi connectivity index (χ2v) is 5.23. The Balaban J connectivity index is 2.00. The van der Waals surface area contributed by atoms with Gasteiger partial charge in [0, 0.05) is 18.1 Å². The van der Waals surface area contributed by atoms with Crippen LogP contribution in [0.3, 0.4) is 0 Å². The van der Waals surface area contributed by atoms with Crippen molar-refractivity contribution in [1.29, 1.82) is 0 Å². The van der Waals surface area contributed by atoms with Crippen molar-refractivity contribution in [2.45, 2.75) is 32.4 Å². The first-order chi connectivity index (χ1) is 8.56. The SMILES string of the molecule is CC(C)(O)CCNCc1cccc2cccnc12. The van der Waals surface area contributed by atoms with Gasteiger partial charge in [-0.25, -0.2) is 0 Å². The van der Waals surface area contributed by atoms with Crippen LogP contribution in [0, 0.1) is 0 Å². The summed E-state index contributed by atoms with van der Waals surface area (Å²) >= 11 is 0. The highest BCUT2D eigenvalue weighted by Crippen LogP contribution is 2.15. The number of fused-ring (bicyclic) bond motifs is 1. The van der Waals surface area contributed by atoms with Gasteiger partial charge in [0.2, 0.25) is 0 Å². The van der Waals surface area contributed by atoms with Crippen LogP contribution in [0.2, 0.25) is 0 Å². The van der Waals surface area contributed by atoms with Crippen LogP contribution in [0.1, 0.15) is 25.8 Å². The first kappa shape index (κ1) is 13.0. The maximum absolute atomic E-state index is 9.63. The van der Waals surface area contributed by atoms with Gasteiger partial charge in [-0.1, -0.05) is 24.3 Å². The zero-order valence-electron chi connectivity index (χ0n) is 11.0. The Morgan fingerprint density at radius 3 is 2.78 bits per heavy atom. The average Bonchev–Trinajstić information content (AvgIpc) is 2.33. The van der Waals surface area contributed by atoms with E-state index < -0.39 is 5.60 Å². The molecule has 0 atom stereocenters. The van der Waals surface area contributed by atoms with Crippen molar-refractivity contribution in [3.63, 3.8) is 0 Å². The lowest BCUT2D eigenvalue weighted by Crippen LogP contribution is -2.26. The van der Waals surface area contributed by atoms with E-state index in [1.807, 2.05) is 26.1 Å². The molecule has 96 valence electrons. The number of hydrogen-bond donors (Lipinski definition) is 2. The first-order valence-electron chi connectivity index (χ1n) is 6.32. The zero-order chi connectivity index (χ0) is 13.0. The van der Waals surface area contributed by atoms with Crippen LogP contribution < -0.4 is 5.32 Å². The number of aliphatic hydroxyl groups is 1. The van der Waals surface area contributed by atoms with Gasteiger partial charge in [-0.15, -0.1) is 0 Å². The molecule has 18 heavy (non-hydrogen) atoms. The molecule has 0 aliphatic carbocycles. The van der Waals surface area contributed by atoms with E-state index in [0.717, 1.165) is 25.0 Å². The number of hydrogen-bond acceptors (Lipinski definition) is 3. The van der Waals surface area contributed by atoms with Crippen molar-refractivity contribution in [2.24, 2.45) is 0 Å². The summed E-state index contributed by atoms with van der Waals surface area (Å²) in [4.78, 5) is 4.42. The molecule has 1 aromatic heterocycles. The molecule has 0 bridgehead atoms. The van der Waals surface area contributed by atoms with Gasteiger partial charge in [0.1, 0.15) is 0 Å². The lowest BCUT2D eigenvalue weighted by Gasteiger charge is -2.17. The van der Waals surface area contributed by atoms with Gasteiger partial charge < -0.3 is 10.4 Å². The van der Waals surface area contributed by atoms with Gasteiger partial charge in [-0.3, -0.25) is 4.98 Å². The Hall–Kier alpha value is -1.45. The minimum Gasteiger partial charge on any atom is -0.390 e. The molecule has 0 fully saturated rings. The summed E-state index contributed by atoms with van der Waals surface area (Å²) in [6.45, 7) is 5.24. The van der Waals surface area contributed by atoms with E-state index in [9.17, 15) is 5.11 Å². The van der Waals surface area contributed by atoms with Crippen molar-refractivity contribution in [2.75, 3.05) is 6.54 Å². The average molecular weight is 244 g/mol. The highest BCUT2D eigenvalue weighted by molar-refractivity contribution is 5.81. The second kappa shape index (κ2) is 5.46. The van der Waals surface area contributed by atoms with Crippen LogP contribution >= 0.6 is 0 Å². The van der Waals surface area contributed by atoms with Crippen LogP contribution in [0.15, 0.2) is 36.5 Å². The van der Waals surface area contributed by atoms with Gasteiger partial charge in [0.15, 0.2) is 0 Å². The summed E-state index contributed by atoms with van der Waals surface area (Å²) in [5, 5.41) is 14.2. The van der Waals surface area contributed by atoms with Crippen LogP contribution in [-0.2, 0) is 6.54 Å². The number of nitrogens with one attached hydrogen (secondary N) is 1. The molecule has 2 rings (SSSR count). The van der Waals surface area contributed by atoms with Crippen molar-refractivity contribution >= 4 is 10.9 Å². The standard InChI is InChI=1S/C15H20N2O/c1-15(2,18)8-10-16-11-13-6-3-5-12-7-4-9-17-14(12)13/h3-7,9,16,18H,8,10-11H2,1-2H3. The Morgan fingerprint density at radius 1 is 1.22 bits per heavy atom. The Labute approximate surface area is 108 Å². The molecule has 0 saturated carbocycles. The van der Waals surface area contributed by atoms with Crippen LogP contribution in [0.5, 0.6) is 0 Å². The molecule has 0 radical (unpaired) electrons. The van der Waals surface area contributed by atoms with Crippen molar-refractivity contribution in [1.82, 2.24) is 10.3 Å². The van der Waals surface area contributed by atoms with E-state index in [1.165, 1.54) is 10.9 Å². The smallest absolute Gasteiger partial charge is 0.0746 e. The lowest BCUT2D eigenvalue weighted by molar-refractivity contribution is 0.0711. The molecule has 0 aliphatic heterocycles. The fourth-order valence-corrected chi connectivity index (χ4v) is 1.93. The number of nitrogens with zero attached hydrogens (tertiary/aromatic N) is 1. The molecule has 1 aromatic carbocycles. The molecular weight excluding hydrogens is 224 g/mol.